The van der Waals surface area contributed by atoms with Crippen LogP contribution in [0.1, 0.15) is 79.9 Å². The Morgan fingerprint density at radius 1 is 1.05 bits per heavy atom. The smallest absolute Gasteiger partial charge is 0.274 e. The Labute approximate surface area is 349 Å². The van der Waals surface area contributed by atoms with Gasteiger partial charge in [0, 0.05) is 72.7 Å². The second-order valence-corrected chi connectivity index (χ2v) is 19.0. The first-order valence-electron chi connectivity index (χ1n) is 20.3. The van der Waals surface area contributed by atoms with Gasteiger partial charge in [-0.2, -0.15) is 0 Å². The molecule has 1 aliphatic heterocycles. The van der Waals surface area contributed by atoms with E-state index in [0.717, 1.165) is 87.0 Å². The number of anilines is 1. The average molecular weight is 837 g/mol. The van der Waals surface area contributed by atoms with Crippen LogP contribution >= 0.6 is 11.6 Å². The van der Waals surface area contributed by atoms with E-state index < -0.39 is 20.9 Å². The number of amides is 1. The molecule has 2 aromatic heterocycles. The van der Waals surface area contributed by atoms with Crippen LogP contribution in [0.4, 0.5) is 11.4 Å². The molecule has 3 aromatic carbocycles. The van der Waals surface area contributed by atoms with Crippen LogP contribution in [0.3, 0.4) is 0 Å². The summed E-state index contributed by atoms with van der Waals surface area (Å²) in [6.45, 7) is 10.8. The number of ether oxygens (including phenoxy) is 1. The molecule has 0 unspecified atom stereocenters. The fourth-order valence-electron chi connectivity index (χ4n) is 8.92. The SMILES string of the molecule is CCC[C@@H]1Cc2cc(S(=O)(=O)NC(=O)c3ccc(N4CCN(CC5=C(c6ccc(Cl)cc6)CC(C)(C)CC5)CC4)cc3Oc3cnc4[nH]ccc4c3)cc([N+](=O)[O-])c2C1. The molecule has 0 radical (unpaired) electrons. The molecule has 0 bridgehead atoms. The van der Waals surface area contributed by atoms with Gasteiger partial charge in [0.1, 0.15) is 17.1 Å². The van der Waals surface area contributed by atoms with Crippen LogP contribution in [0.5, 0.6) is 11.5 Å². The number of carbonyl (C=O) groups is 1. The number of nitrogens with zero attached hydrogens (tertiary/aromatic N) is 4. The van der Waals surface area contributed by atoms with E-state index in [1.54, 1.807) is 30.5 Å². The lowest BCUT2D eigenvalue weighted by atomic mass is 9.72. The first-order valence-corrected chi connectivity index (χ1v) is 22.2. The zero-order valence-corrected chi connectivity index (χ0v) is 35.2. The van der Waals surface area contributed by atoms with E-state index in [9.17, 15) is 23.3 Å². The molecule has 59 heavy (non-hydrogen) atoms. The number of benzene rings is 3. The maximum atomic E-state index is 14.0. The summed E-state index contributed by atoms with van der Waals surface area (Å²) >= 11 is 6.24. The van der Waals surface area contributed by atoms with Crippen molar-refractivity contribution in [1.29, 1.82) is 0 Å². The molecule has 1 saturated heterocycles. The predicted octanol–water partition coefficient (Wildman–Crippen LogP) is 9.34. The van der Waals surface area contributed by atoms with Crippen molar-refractivity contribution >= 4 is 55.5 Å². The summed E-state index contributed by atoms with van der Waals surface area (Å²) in [5.74, 6) is -0.191. The minimum absolute atomic E-state index is 0.00863. The third-order valence-electron chi connectivity index (χ3n) is 12.1. The van der Waals surface area contributed by atoms with E-state index in [2.05, 4.69) is 57.4 Å². The van der Waals surface area contributed by atoms with Gasteiger partial charge < -0.3 is 14.6 Å². The van der Waals surface area contributed by atoms with Crippen LogP contribution in [0.15, 0.2) is 89.6 Å². The van der Waals surface area contributed by atoms with E-state index in [1.807, 2.05) is 18.2 Å². The fourth-order valence-corrected chi connectivity index (χ4v) is 10.1. The summed E-state index contributed by atoms with van der Waals surface area (Å²) < 4.78 is 36.1. The number of sulfonamides is 1. The lowest BCUT2D eigenvalue weighted by Crippen LogP contribution is -2.47. The predicted molar refractivity (Wildman–Crippen MR) is 231 cm³/mol. The van der Waals surface area contributed by atoms with Crippen LogP contribution in [0, 0.1) is 21.4 Å². The van der Waals surface area contributed by atoms with Crippen molar-refractivity contribution in [3.05, 3.63) is 122 Å². The molecule has 0 spiro atoms. The summed E-state index contributed by atoms with van der Waals surface area (Å²) in [4.78, 5) is 37.4. The second-order valence-electron chi connectivity index (χ2n) is 16.9. The van der Waals surface area contributed by atoms with Gasteiger partial charge in [-0.25, -0.2) is 18.1 Å². The second kappa shape index (κ2) is 16.4. The quantitative estimate of drug-likeness (QED) is 0.0926. The van der Waals surface area contributed by atoms with Crippen molar-refractivity contribution in [1.82, 2.24) is 19.6 Å². The number of nitro groups is 1. The molecule has 12 nitrogen and oxygen atoms in total. The van der Waals surface area contributed by atoms with Gasteiger partial charge in [0.05, 0.1) is 21.6 Å². The molecule has 308 valence electrons. The van der Waals surface area contributed by atoms with Gasteiger partial charge in [-0.15, -0.1) is 0 Å². The van der Waals surface area contributed by atoms with Crippen molar-refractivity contribution in [3.8, 4) is 11.5 Å². The summed E-state index contributed by atoms with van der Waals surface area (Å²) in [7, 11) is -4.51. The maximum absolute atomic E-state index is 14.0. The largest absolute Gasteiger partial charge is 0.455 e. The number of allylic oxidation sites excluding steroid dienone is 1. The van der Waals surface area contributed by atoms with Gasteiger partial charge in [0.25, 0.3) is 21.6 Å². The minimum Gasteiger partial charge on any atom is -0.455 e. The van der Waals surface area contributed by atoms with E-state index in [4.69, 9.17) is 16.3 Å². The molecule has 2 aliphatic carbocycles. The van der Waals surface area contributed by atoms with Crippen molar-refractivity contribution in [2.24, 2.45) is 11.3 Å². The third kappa shape index (κ3) is 8.88. The highest BCUT2D eigenvalue weighted by Gasteiger charge is 2.33. The topological polar surface area (TPSA) is 151 Å². The fraction of sp³-hybridized carbons (Fsp3) is 0.378. The summed E-state index contributed by atoms with van der Waals surface area (Å²) in [6.07, 6.45) is 9.41. The van der Waals surface area contributed by atoms with Crippen LogP contribution in [-0.2, 0) is 22.9 Å². The molecule has 3 heterocycles. The molecule has 1 fully saturated rings. The number of pyridine rings is 1. The van der Waals surface area contributed by atoms with E-state index in [-0.39, 0.29) is 33.2 Å². The first-order chi connectivity index (χ1) is 28.2. The number of piperazine rings is 1. The van der Waals surface area contributed by atoms with Crippen molar-refractivity contribution in [2.75, 3.05) is 37.6 Å². The number of nitrogens with one attached hydrogen (secondary N) is 2. The molecule has 2 N–H and O–H groups in total. The number of halogens is 1. The van der Waals surface area contributed by atoms with Gasteiger partial charge in [-0.05, 0) is 103 Å². The van der Waals surface area contributed by atoms with Gasteiger partial charge >= 0.3 is 0 Å². The van der Waals surface area contributed by atoms with Crippen molar-refractivity contribution in [2.45, 2.75) is 70.6 Å². The Morgan fingerprint density at radius 3 is 2.58 bits per heavy atom. The number of rotatable bonds is 12. The third-order valence-corrected chi connectivity index (χ3v) is 13.6. The number of aromatic nitrogens is 2. The lowest BCUT2D eigenvalue weighted by Gasteiger charge is -2.39. The van der Waals surface area contributed by atoms with Crippen LogP contribution in [0.2, 0.25) is 5.02 Å². The van der Waals surface area contributed by atoms with E-state index in [0.29, 0.717) is 35.4 Å². The first kappa shape index (κ1) is 40.5. The van der Waals surface area contributed by atoms with Crippen LogP contribution in [-0.4, -0.2) is 66.8 Å². The maximum Gasteiger partial charge on any atom is 0.274 e. The monoisotopic (exact) mass is 836 g/mol. The van der Waals surface area contributed by atoms with Gasteiger partial charge in [0.2, 0.25) is 0 Å². The lowest BCUT2D eigenvalue weighted by molar-refractivity contribution is -0.385. The highest BCUT2D eigenvalue weighted by Crippen LogP contribution is 2.44. The number of hydrogen-bond donors (Lipinski definition) is 2. The molecule has 1 atom stereocenters. The Balaban J connectivity index is 1.03. The van der Waals surface area contributed by atoms with Gasteiger partial charge in [-0.3, -0.25) is 19.8 Å². The van der Waals surface area contributed by atoms with Crippen molar-refractivity contribution < 1.29 is 22.9 Å². The Kier molecular flexibility index (Phi) is 11.3. The van der Waals surface area contributed by atoms with Crippen LogP contribution < -0.4 is 14.4 Å². The molecule has 5 aromatic rings. The number of H-pyrrole nitrogens is 1. The average Bonchev–Trinajstić information content (AvgIpc) is 3.85. The minimum atomic E-state index is -4.51. The molecular weight excluding hydrogens is 788 g/mol. The Hall–Kier alpha value is -5.24. The molecule has 14 heteroatoms. The van der Waals surface area contributed by atoms with Crippen LogP contribution in [0.25, 0.3) is 16.6 Å². The van der Waals surface area contributed by atoms with E-state index >= 15 is 0 Å². The number of fused-ring (bicyclic) bond motifs is 2. The normalized spacial score (nSPS) is 18.2. The molecule has 1 amide bonds. The molecule has 3 aliphatic rings. The standard InChI is InChI=1S/C45H49ClN6O6S/c1-4-5-29-20-33-23-37(25-41(52(54)55)39(33)21-29)59(56,57)49-44(53)38-11-10-35(24-42(38)58-36-22-31-13-15-47-43(31)48-27-36)51-18-16-50(17-19-51)28-32-12-14-45(2,3)26-40(32)30-6-8-34(46)9-7-30/h6-11,13,15,22-25,27,29H,4-5,12,14,16-21,26,28H2,1-3H3,(H,47,48)(H,49,53)/t29-/m1/s1. The molecule has 8 rings (SSSR count). The van der Waals surface area contributed by atoms with Gasteiger partial charge in [-0.1, -0.05) is 62.9 Å². The molecular formula is C45H49ClN6O6S. The van der Waals surface area contributed by atoms with Gasteiger partial charge in [0.15, 0.2) is 0 Å². The number of carbonyl (C=O) groups excluding carboxylic acids is 1. The van der Waals surface area contributed by atoms with Crippen molar-refractivity contribution in [3.63, 3.8) is 0 Å². The number of aromatic amines is 1. The summed E-state index contributed by atoms with van der Waals surface area (Å²) in [6, 6.07) is 19.5. The Morgan fingerprint density at radius 2 is 1.83 bits per heavy atom. The number of nitro benzene ring substituents is 1. The highest BCUT2D eigenvalue weighted by molar-refractivity contribution is 7.90. The zero-order chi connectivity index (χ0) is 41.5. The Bertz CT molecular complexity index is 2560. The number of hydrogen-bond acceptors (Lipinski definition) is 9. The van der Waals surface area contributed by atoms with E-state index in [1.165, 1.54) is 29.0 Å². The highest BCUT2D eigenvalue weighted by atomic mass is 35.5. The summed E-state index contributed by atoms with van der Waals surface area (Å²) in [5.41, 5.74) is 6.81. The molecule has 0 saturated carbocycles. The zero-order valence-electron chi connectivity index (χ0n) is 33.6. The summed E-state index contributed by atoms with van der Waals surface area (Å²) in [5, 5.41) is 13.6.